The van der Waals surface area contributed by atoms with E-state index in [1.807, 2.05) is 6.92 Å². The maximum absolute atomic E-state index is 13.4. The summed E-state index contributed by atoms with van der Waals surface area (Å²) in [6.07, 6.45) is 1.43. The molecule has 9 nitrogen and oxygen atoms in total. The summed E-state index contributed by atoms with van der Waals surface area (Å²) in [5.74, 6) is -4.61. The Hall–Kier alpha value is -2.31. The molecule has 2 aromatic rings. The highest BCUT2D eigenvalue weighted by atomic mass is 35.5. The lowest BCUT2D eigenvalue weighted by molar-refractivity contribution is -0.0947. The van der Waals surface area contributed by atoms with Crippen molar-refractivity contribution < 1.29 is 28.2 Å². The van der Waals surface area contributed by atoms with E-state index in [9.17, 15) is 18.4 Å². The number of amides is 1. The van der Waals surface area contributed by atoms with Crippen LogP contribution in [0.5, 0.6) is 0 Å². The molecule has 1 aliphatic heterocycles. The lowest BCUT2D eigenvalue weighted by Crippen LogP contribution is -2.56. The van der Waals surface area contributed by atoms with Gasteiger partial charge in [0.05, 0.1) is 24.0 Å². The SMILES string of the molecule is CCc1[nH]c(C(=O)N[C@H]2CCN(c3ncc(C(=O)O)s3)C[C@H]2OCC(C)(F)F)nc1Cl. The molecule has 0 unspecified atom stereocenters. The molecule has 3 N–H and O–H groups in total. The maximum Gasteiger partial charge on any atom is 0.347 e. The number of nitrogens with one attached hydrogen (secondary N) is 2. The number of imidazole rings is 1. The minimum atomic E-state index is -3.04. The van der Waals surface area contributed by atoms with Crippen molar-refractivity contribution in [3.05, 3.63) is 27.7 Å². The van der Waals surface area contributed by atoms with Crippen LogP contribution < -0.4 is 10.2 Å². The van der Waals surface area contributed by atoms with Crippen LogP contribution in [0.3, 0.4) is 0 Å². The first kappa shape index (κ1) is 23.4. The molecule has 1 aliphatic rings. The standard InChI is InChI=1S/C18H22ClF2N5O4S/c1-3-9-13(19)25-14(23-9)15(27)24-10-4-5-26(7-11(10)30-8-18(2,20)21)17-22-6-12(31-17)16(28)29/h6,10-11H,3-5,7-8H2,1-2H3,(H,23,25)(H,24,27)(H,28,29)/t10-,11+/m0/s1. The Morgan fingerprint density at radius 1 is 1.52 bits per heavy atom. The smallest absolute Gasteiger partial charge is 0.347 e. The third kappa shape index (κ3) is 5.89. The van der Waals surface area contributed by atoms with Gasteiger partial charge >= 0.3 is 5.97 Å². The van der Waals surface area contributed by atoms with Gasteiger partial charge in [0, 0.05) is 20.0 Å². The van der Waals surface area contributed by atoms with Crippen molar-refractivity contribution in [1.82, 2.24) is 20.3 Å². The van der Waals surface area contributed by atoms with E-state index < -0.39 is 36.6 Å². The number of nitrogens with zero attached hydrogens (tertiary/aromatic N) is 3. The van der Waals surface area contributed by atoms with Crippen molar-refractivity contribution in [3.63, 3.8) is 0 Å². The zero-order valence-electron chi connectivity index (χ0n) is 16.8. The molecule has 3 rings (SSSR count). The third-order valence-electron chi connectivity index (χ3n) is 4.70. The highest BCUT2D eigenvalue weighted by Crippen LogP contribution is 2.27. The number of carbonyl (C=O) groups excluding carboxylic acids is 1. The molecule has 3 heterocycles. The summed E-state index contributed by atoms with van der Waals surface area (Å²) in [5.41, 5.74) is 0.623. The van der Waals surface area contributed by atoms with Crippen molar-refractivity contribution >= 4 is 39.9 Å². The van der Waals surface area contributed by atoms with Gasteiger partial charge in [-0.25, -0.2) is 23.5 Å². The fourth-order valence-electron chi connectivity index (χ4n) is 3.15. The summed E-state index contributed by atoms with van der Waals surface area (Å²) in [7, 11) is 0. The minimum absolute atomic E-state index is 0.0369. The molecule has 0 aromatic carbocycles. The second kappa shape index (κ2) is 9.45. The normalized spacial score (nSPS) is 19.5. The van der Waals surface area contributed by atoms with Crippen LogP contribution >= 0.6 is 22.9 Å². The third-order valence-corrected chi connectivity index (χ3v) is 6.06. The van der Waals surface area contributed by atoms with Crippen LogP contribution in [-0.2, 0) is 11.2 Å². The predicted octanol–water partition coefficient (Wildman–Crippen LogP) is 2.83. The number of anilines is 1. The van der Waals surface area contributed by atoms with E-state index in [-0.39, 0.29) is 22.4 Å². The topological polar surface area (TPSA) is 120 Å². The molecule has 0 radical (unpaired) electrons. The fraction of sp³-hybridized carbons (Fsp3) is 0.556. The van der Waals surface area contributed by atoms with Crippen LogP contribution in [0.25, 0.3) is 0 Å². The van der Waals surface area contributed by atoms with E-state index in [0.29, 0.717) is 30.2 Å². The number of H-pyrrole nitrogens is 1. The number of carboxylic acid groups (broad SMARTS) is 1. The van der Waals surface area contributed by atoms with Gasteiger partial charge in [-0.15, -0.1) is 0 Å². The average molecular weight is 478 g/mol. The molecule has 2 aromatic heterocycles. The first-order chi connectivity index (χ1) is 14.6. The van der Waals surface area contributed by atoms with E-state index in [0.717, 1.165) is 18.3 Å². The summed E-state index contributed by atoms with van der Waals surface area (Å²) in [4.78, 5) is 36.5. The predicted molar refractivity (Wildman–Crippen MR) is 110 cm³/mol. The molecule has 1 amide bonds. The number of carbonyl (C=O) groups is 2. The van der Waals surface area contributed by atoms with E-state index in [1.54, 1.807) is 4.90 Å². The number of halogens is 3. The molecular weight excluding hydrogens is 456 g/mol. The molecule has 0 saturated carbocycles. The lowest BCUT2D eigenvalue weighted by atomic mass is 10.0. The number of ether oxygens (including phenoxy) is 1. The number of alkyl halides is 2. The average Bonchev–Trinajstić information content (AvgIpc) is 3.33. The Balaban J connectivity index is 1.73. The van der Waals surface area contributed by atoms with Gasteiger partial charge in [-0.2, -0.15) is 0 Å². The summed E-state index contributed by atoms with van der Waals surface area (Å²) in [6, 6.07) is -0.557. The van der Waals surface area contributed by atoms with Gasteiger partial charge in [-0.05, 0) is 12.8 Å². The molecule has 1 saturated heterocycles. The highest BCUT2D eigenvalue weighted by molar-refractivity contribution is 7.17. The highest BCUT2D eigenvalue weighted by Gasteiger charge is 2.35. The van der Waals surface area contributed by atoms with Crippen LogP contribution in [0.1, 0.15) is 46.3 Å². The van der Waals surface area contributed by atoms with E-state index >= 15 is 0 Å². The molecule has 0 aliphatic carbocycles. The summed E-state index contributed by atoms with van der Waals surface area (Å²) in [5, 5.41) is 12.5. The summed E-state index contributed by atoms with van der Waals surface area (Å²) in [6.45, 7) is 2.38. The second-order valence-electron chi connectivity index (χ2n) is 7.25. The molecule has 0 bridgehead atoms. The quantitative estimate of drug-likeness (QED) is 0.534. The largest absolute Gasteiger partial charge is 0.477 e. The van der Waals surface area contributed by atoms with Crippen LogP contribution in [0.4, 0.5) is 13.9 Å². The molecule has 1 fully saturated rings. The van der Waals surface area contributed by atoms with E-state index in [1.165, 1.54) is 6.20 Å². The second-order valence-corrected chi connectivity index (χ2v) is 8.62. The Morgan fingerprint density at radius 2 is 2.26 bits per heavy atom. The number of carboxylic acids is 1. The van der Waals surface area contributed by atoms with Gasteiger partial charge in [-0.1, -0.05) is 29.9 Å². The molecular formula is C18H22ClF2N5O4S. The Bertz CT molecular complexity index is 948. The number of hydrogen-bond acceptors (Lipinski definition) is 7. The maximum atomic E-state index is 13.4. The summed E-state index contributed by atoms with van der Waals surface area (Å²) >= 11 is 6.97. The van der Waals surface area contributed by atoms with Gasteiger partial charge in [0.1, 0.15) is 11.5 Å². The monoisotopic (exact) mass is 477 g/mol. The Labute approximate surface area is 185 Å². The van der Waals surface area contributed by atoms with Gasteiger partial charge in [0.25, 0.3) is 11.8 Å². The van der Waals surface area contributed by atoms with Crippen LogP contribution in [-0.4, -0.2) is 69.7 Å². The van der Waals surface area contributed by atoms with Crippen molar-refractivity contribution in [2.24, 2.45) is 0 Å². The zero-order chi connectivity index (χ0) is 22.8. The molecule has 31 heavy (non-hydrogen) atoms. The molecule has 0 spiro atoms. The number of thiazole rings is 1. The van der Waals surface area contributed by atoms with Gasteiger partial charge < -0.3 is 25.0 Å². The van der Waals surface area contributed by atoms with Crippen molar-refractivity contribution in [2.45, 2.75) is 44.8 Å². The van der Waals surface area contributed by atoms with Gasteiger partial charge in [0.15, 0.2) is 16.1 Å². The number of piperidine rings is 1. The number of hydrogen-bond donors (Lipinski definition) is 3. The zero-order valence-corrected chi connectivity index (χ0v) is 18.4. The van der Waals surface area contributed by atoms with Crippen LogP contribution in [0, 0.1) is 0 Å². The number of aromatic amines is 1. The first-order valence-electron chi connectivity index (χ1n) is 9.56. The number of aromatic carboxylic acids is 1. The van der Waals surface area contributed by atoms with E-state index in [2.05, 4.69) is 20.3 Å². The van der Waals surface area contributed by atoms with Crippen molar-refractivity contribution in [3.8, 4) is 0 Å². The molecule has 170 valence electrons. The van der Waals surface area contributed by atoms with Crippen molar-refractivity contribution in [1.29, 1.82) is 0 Å². The van der Waals surface area contributed by atoms with Crippen molar-refractivity contribution in [2.75, 3.05) is 24.6 Å². The molecule has 2 atom stereocenters. The van der Waals surface area contributed by atoms with Crippen LogP contribution in [0.2, 0.25) is 5.15 Å². The number of aryl methyl sites for hydroxylation is 1. The molecule has 13 heteroatoms. The fourth-order valence-corrected chi connectivity index (χ4v) is 4.21. The number of rotatable bonds is 8. The van der Waals surface area contributed by atoms with E-state index in [4.69, 9.17) is 21.4 Å². The summed E-state index contributed by atoms with van der Waals surface area (Å²) < 4.78 is 32.2. The minimum Gasteiger partial charge on any atom is -0.477 e. The Kier molecular flexibility index (Phi) is 7.12. The van der Waals surface area contributed by atoms with Gasteiger partial charge in [-0.3, -0.25) is 4.79 Å². The lowest BCUT2D eigenvalue weighted by Gasteiger charge is -2.38. The number of aromatic nitrogens is 3. The van der Waals surface area contributed by atoms with Gasteiger partial charge in [0.2, 0.25) is 0 Å². The Morgan fingerprint density at radius 3 is 2.84 bits per heavy atom. The first-order valence-corrected chi connectivity index (χ1v) is 10.8. The van der Waals surface area contributed by atoms with Crippen LogP contribution in [0.15, 0.2) is 6.20 Å².